The molecule has 1 saturated heterocycles. The number of nitrogens with one attached hydrogen (secondary N) is 1. The van der Waals surface area contributed by atoms with Crippen LogP contribution in [0.5, 0.6) is 11.5 Å². The molecular weight excluding hydrogens is 368 g/mol. The van der Waals surface area contributed by atoms with Gasteiger partial charge in [0.1, 0.15) is 11.5 Å². The predicted molar refractivity (Wildman–Crippen MR) is 112 cm³/mol. The van der Waals surface area contributed by atoms with Gasteiger partial charge in [-0.05, 0) is 29.7 Å². The van der Waals surface area contributed by atoms with Gasteiger partial charge in [0.05, 0.1) is 20.3 Å². The van der Waals surface area contributed by atoms with Crippen LogP contribution in [0, 0.1) is 0 Å². The SMILES string of the molecule is CC[C@@H](Oc1cccc(OC)c1)C(=O)NCc1cccc(CN2CCOCC2)c1. The molecule has 0 saturated carbocycles. The Bertz CT molecular complexity index is 790. The number of carbonyl (C=O) groups excluding carboxylic acids is 1. The number of hydrogen-bond acceptors (Lipinski definition) is 5. The lowest BCUT2D eigenvalue weighted by molar-refractivity contribution is -0.128. The lowest BCUT2D eigenvalue weighted by Gasteiger charge is -2.26. The van der Waals surface area contributed by atoms with E-state index in [1.54, 1.807) is 13.2 Å². The summed E-state index contributed by atoms with van der Waals surface area (Å²) in [7, 11) is 1.61. The van der Waals surface area contributed by atoms with Gasteiger partial charge in [-0.15, -0.1) is 0 Å². The van der Waals surface area contributed by atoms with Crippen molar-refractivity contribution in [2.45, 2.75) is 32.5 Å². The first-order valence-corrected chi connectivity index (χ1v) is 10.1. The van der Waals surface area contributed by atoms with Crippen LogP contribution < -0.4 is 14.8 Å². The first kappa shape index (κ1) is 21.1. The molecule has 0 aromatic heterocycles. The number of benzene rings is 2. The molecule has 1 fully saturated rings. The van der Waals surface area contributed by atoms with Gasteiger partial charge in [0.15, 0.2) is 6.10 Å². The molecule has 0 radical (unpaired) electrons. The van der Waals surface area contributed by atoms with E-state index in [-0.39, 0.29) is 5.91 Å². The Balaban J connectivity index is 1.53. The van der Waals surface area contributed by atoms with Crippen molar-refractivity contribution in [3.05, 3.63) is 59.7 Å². The topological polar surface area (TPSA) is 60.0 Å². The van der Waals surface area contributed by atoms with Crippen LogP contribution in [0.3, 0.4) is 0 Å². The minimum Gasteiger partial charge on any atom is -0.497 e. The normalized spacial score (nSPS) is 15.5. The first-order chi connectivity index (χ1) is 14.2. The summed E-state index contributed by atoms with van der Waals surface area (Å²) in [6.07, 6.45) is 0.0405. The van der Waals surface area contributed by atoms with E-state index in [0.717, 1.165) is 38.4 Å². The molecule has 1 N–H and O–H groups in total. The molecule has 0 aliphatic carbocycles. The predicted octanol–water partition coefficient (Wildman–Crippen LogP) is 3.00. The first-order valence-electron chi connectivity index (χ1n) is 10.1. The molecule has 6 nitrogen and oxygen atoms in total. The lowest BCUT2D eigenvalue weighted by atomic mass is 10.1. The van der Waals surface area contributed by atoms with Crippen LogP contribution in [0.2, 0.25) is 0 Å². The van der Waals surface area contributed by atoms with Gasteiger partial charge in [0.25, 0.3) is 5.91 Å². The highest BCUT2D eigenvalue weighted by Gasteiger charge is 2.18. The lowest BCUT2D eigenvalue weighted by Crippen LogP contribution is -2.37. The van der Waals surface area contributed by atoms with Crippen molar-refractivity contribution in [1.29, 1.82) is 0 Å². The zero-order chi connectivity index (χ0) is 20.5. The van der Waals surface area contributed by atoms with Gasteiger partial charge >= 0.3 is 0 Å². The van der Waals surface area contributed by atoms with Gasteiger partial charge in [0.2, 0.25) is 0 Å². The van der Waals surface area contributed by atoms with Crippen LogP contribution >= 0.6 is 0 Å². The van der Waals surface area contributed by atoms with Crippen LogP contribution in [0.4, 0.5) is 0 Å². The molecule has 0 unspecified atom stereocenters. The number of nitrogens with zero attached hydrogens (tertiary/aromatic N) is 1. The molecule has 2 aromatic rings. The molecule has 1 amide bonds. The smallest absolute Gasteiger partial charge is 0.261 e. The van der Waals surface area contributed by atoms with Crippen LogP contribution in [-0.4, -0.2) is 50.3 Å². The second kappa shape index (κ2) is 10.8. The maximum atomic E-state index is 12.6. The number of ether oxygens (including phenoxy) is 3. The van der Waals surface area contributed by atoms with Crippen molar-refractivity contribution in [2.75, 3.05) is 33.4 Å². The Labute approximate surface area is 172 Å². The van der Waals surface area contributed by atoms with E-state index >= 15 is 0 Å². The summed E-state index contributed by atoms with van der Waals surface area (Å²) in [5.41, 5.74) is 2.33. The Morgan fingerprint density at radius 1 is 1.10 bits per heavy atom. The van der Waals surface area contributed by atoms with Gasteiger partial charge in [-0.2, -0.15) is 0 Å². The second-order valence-corrected chi connectivity index (χ2v) is 7.12. The molecule has 156 valence electrons. The van der Waals surface area contributed by atoms with Gasteiger partial charge < -0.3 is 19.5 Å². The monoisotopic (exact) mass is 398 g/mol. The third kappa shape index (κ3) is 6.48. The minimum absolute atomic E-state index is 0.117. The molecule has 1 atom stereocenters. The van der Waals surface area contributed by atoms with Gasteiger partial charge in [-0.25, -0.2) is 0 Å². The fourth-order valence-corrected chi connectivity index (χ4v) is 3.32. The molecule has 2 aromatic carbocycles. The van der Waals surface area contributed by atoms with E-state index in [2.05, 4.69) is 22.3 Å². The Hall–Kier alpha value is -2.57. The highest BCUT2D eigenvalue weighted by molar-refractivity contribution is 5.81. The Morgan fingerprint density at radius 2 is 1.83 bits per heavy atom. The molecule has 29 heavy (non-hydrogen) atoms. The maximum absolute atomic E-state index is 12.6. The van der Waals surface area contributed by atoms with Gasteiger partial charge in [-0.1, -0.05) is 37.3 Å². The van der Waals surface area contributed by atoms with E-state index in [4.69, 9.17) is 14.2 Å². The van der Waals surface area contributed by atoms with E-state index in [1.165, 1.54) is 5.56 Å². The van der Waals surface area contributed by atoms with E-state index < -0.39 is 6.10 Å². The van der Waals surface area contributed by atoms with Gasteiger partial charge in [-0.3, -0.25) is 9.69 Å². The van der Waals surface area contributed by atoms with Crippen LogP contribution in [0.25, 0.3) is 0 Å². The zero-order valence-corrected chi connectivity index (χ0v) is 17.2. The molecule has 0 bridgehead atoms. The Kier molecular flexibility index (Phi) is 7.90. The van der Waals surface area contributed by atoms with Crippen molar-refractivity contribution in [2.24, 2.45) is 0 Å². The molecule has 6 heteroatoms. The van der Waals surface area contributed by atoms with Crippen molar-refractivity contribution < 1.29 is 19.0 Å². The second-order valence-electron chi connectivity index (χ2n) is 7.12. The maximum Gasteiger partial charge on any atom is 0.261 e. The summed E-state index contributed by atoms with van der Waals surface area (Å²) in [5, 5.41) is 3.00. The average Bonchev–Trinajstić information content (AvgIpc) is 2.77. The number of methoxy groups -OCH3 is 1. The summed E-state index contributed by atoms with van der Waals surface area (Å²) >= 11 is 0. The van der Waals surface area contributed by atoms with Crippen molar-refractivity contribution in [3.8, 4) is 11.5 Å². The van der Waals surface area contributed by atoms with Crippen LogP contribution in [-0.2, 0) is 22.6 Å². The number of hydrogen-bond donors (Lipinski definition) is 1. The summed E-state index contributed by atoms with van der Waals surface area (Å²) in [6.45, 7) is 6.83. The molecule has 0 spiro atoms. The fraction of sp³-hybridized carbons (Fsp3) is 0.435. The quantitative estimate of drug-likeness (QED) is 0.704. The van der Waals surface area contributed by atoms with Gasteiger partial charge in [0, 0.05) is 32.2 Å². The molecule has 1 aliphatic heterocycles. The number of morpholine rings is 1. The molecule has 1 aliphatic rings. The standard InChI is InChI=1S/C23H30N2O4/c1-3-22(29-21-9-5-8-20(15-21)27-2)23(26)24-16-18-6-4-7-19(14-18)17-25-10-12-28-13-11-25/h4-9,14-15,22H,3,10-13,16-17H2,1-2H3,(H,24,26)/t22-/m1/s1. The third-order valence-electron chi connectivity index (χ3n) is 4.95. The number of rotatable bonds is 9. The minimum atomic E-state index is -0.543. The van der Waals surface area contributed by atoms with Crippen molar-refractivity contribution in [3.63, 3.8) is 0 Å². The van der Waals surface area contributed by atoms with E-state index in [1.807, 2.05) is 37.3 Å². The number of carbonyl (C=O) groups is 1. The molecule has 3 rings (SSSR count). The van der Waals surface area contributed by atoms with E-state index in [0.29, 0.717) is 24.5 Å². The summed E-state index contributed by atoms with van der Waals surface area (Å²) in [4.78, 5) is 15.0. The zero-order valence-electron chi connectivity index (χ0n) is 17.2. The van der Waals surface area contributed by atoms with Crippen LogP contribution in [0.1, 0.15) is 24.5 Å². The highest BCUT2D eigenvalue weighted by Crippen LogP contribution is 2.20. The van der Waals surface area contributed by atoms with Crippen molar-refractivity contribution >= 4 is 5.91 Å². The third-order valence-corrected chi connectivity index (χ3v) is 4.95. The molecule has 1 heterocycles. The molecular formula is C23H30N2O4. The highest BCUT2D eigenvalue weighted by atomic mass is 16.5. The average molecular weight is 399 g/mol. The van der Waals surface area contributed by atoms with Crippen LogP contribution in [0.15, 0.2) is 48.5 Å². The summed E-state index contributed by atoms with van der Waals surface area (Å²) < 4.78 is 16.5. The largest absolute Gasteiger partial charge is 0.497 e. The Morgan fingerprint density at radius 3 is 2.59 bits per heavy atom. The fourth-order valence-electron chi connectivity index (χ4n) is 3.32. The summed E-state index contributed by atoms with van der Waals surface area (Å²) in [5.74, 6) is 1.21. The number of amides is 1. The van der Waals surface area contributed by atoms with E-state index in [9.17, 15) is 4.79 Å². The van der Waals surface area contributed by atoms with Crippen molar-refractivity contribution in [1.82, 2.24) is 10.2 Å². The summed E-state index contributed by atoms with van der Waals surface area (Å²) in [6, 6.07) is 15.7.